The second-order valence-corrected chi connectivity index (χ2v) is 2.72. The number of esters is 1. The number of aromatic nitrogens is 1. The average molecular weight is 222 g/mol. The van der Waals surface area contributed by atoms with Gasteiger partial charge in [0.05, 0.1) is 0 Å². The Morgan fingerprint density at radius 3 is 2.73 bits per heavy atom. The number of nitrogens with zero attached hydrogens (tertiary/aromatic N) is 1. The van der Waals surface area contributed by atoms with E-state index in [0.29, 0.717) is 0 Å². The molecule has 0 atom stereocenters. The van der Waals surface area contributed by atoms with Crippen LogP contribution in [0.2, 0.25) is 0 Å². The van der Waals surface area contributed by atoms with Crippen LogP contribution in [0.4, 0.5) is 13.2 Å². The van der Waals surface area contributed by atoms with Gasteiger partial charge in [-0.05, 0) is 6.07 Å². The fourth-order valence-corrected chi connectivity index (χ4v) is 0.968. The van der Waals surface area contributed by atoms with Gasteiger partial charge in [0.2, 0.25) is 5.88 Å². The van der Waals surface area contributed by atoms with Crippen molar-refractivity contribution in [3.8, 4) is 5.88 Å². The molecule has 0 aliphatic carbocycles. The molecule has 1 rings (SSSR count). The van der Waals surface area contributed by atoms with Gasteiger partial charge < -0.3 is 15.0 Å². The Hall–Kier alpha value is -1.50. The van der Waals surface area contributed by atoms with Crippen LogP contribution in [0.5, 0.6) is 5.88 Å². The van der Waals surface area contributed by atoms with E-state index in [1.54, 1.807) is 0 Å². The molecule has 0 bridgehead atoms. The normalized spacial score (nSPS) is 11.5. The van der Waals surface area contributed by atoms with Crippen LogP contribution in [-0.4, -0.2) is 23.3 Å². The monoisotopic (exact) mass is 222 g/mol. The molecule has 0 aliphatic rings. The average Bonchev–Trinajstić information content (AvgIpc) is 2.52. The number of halogens is 3. The Morgan fingerprint density at radius 2 is 2.20 bits per heavy atom. The van der Waals surface area contributed by atoms with E-state index in [9.17, 15) is 18.0 Å². The number of rotatable bonds is 3. The first-order valence-corrected chi connectivity index (χ1v) is 4.09. The van der Waals surface area contributed by atoms with Crippen LogP contribution in [0.1, 0.15) is 0 Å². The molecule has 1 aromatic heterocycles. The van der Waals surface area contributed by atoms with Crippen molar-refractivity contribution in [2.75, 3.05) is 6.54 Å². The Balaban J connectivity index is 2.72. The minimum Gasteiger partial charge on any atom is -0.403 e. The lowest BCUT2D eigenvalue weighted by atomic mass is 10.6. The number of nitrogens with two attached hydrogens (primary N) is 1. The van der Waals surface area contributed by atoms with Crippen molar-refractivity contribution in [1.82, 2.24) is 4.57 Å². The number of carbonyl (C=O) groups excluding carboxylic acids is 1. The lowest BCUT2D eigenvalue weighted by molar-refractivity contribution is -0.190. The summed E-state index contributed by atoms with van der Waals surface area (Å²) in [6, 6.07) is 2.73. The van der Waals surface area contributed by atoms with Crippen LogP contribution in [0.25, 0.3) is 0 Å². The third-order valence-corrected chi connectivity index (χ3v) is 1.59. The van der Waals surface area contributed by atoms with Gasteiger partial charge in [-0.25, -0.2) is 4.79 Å². The summed E-state index contributed by atoms with van der Waals surface area (Å²) in [6.07, 6.45) is -3.51. The molecular formula is C8H9F3N2O2. The standard InChI is InChI=1S/C8H9F3N2O2/c9-8(10,11)7(14)15-6-2-1-4-13(6)5-3-12/h1-2,4H,3,5,12H2. The Labute approximate surface area is 83.4 Å². The van der Waals surface area contributed by atoms with E-state index in [-0.39, 0.29) is 19.0 Å². The minimum absolute atomic E-state index is 0.164. The van der Waals surface area contributed by atoms with Gasteiger partial charge in [0.25, 0.3) is 0 Å². The van der Waals surface area contributed by atoms with Crippen molar-refractivity contribution >= 4 is 5.97 Å². The lowest BCUT2D eigenvalue weighted by Crippen LogP contribution is -2.29. The van der Waals surface area contributed by atoms with Crippen molar-refractivity contribution in [3.63, 3.8) is 0 Å². The summed E-state index contributed by atoms with van der Waals surface area (Å²) in [5, 5.41) is 0. The van der Waals surface area contributed by atoms with Crippen molar-refractivity contribution in [3.05, 3.63) is 18.3 Å². The van der Waals surface area contributed by atoms with Crippen LogP contribution >= 0.6 is 0 Å². The molecule has 0 spiro atoms. The highest BCUT2D eigenvalue weighted by Crippen LogP contribution is 2.20. The van der Waals surface area contributed by atoms with Crippen LogP contribution < -0.4 is 10.5 Å². The number of alkyl halides is 3. The predicted molar refractivity (Wildman–Crippen MR) is 45.2 cm³/mol. The van der Waals surface area contributed by atoms with E-state index < -0.39 is 12.1 Å². The van der Waals surface area contributed by atoms with E-state index in [1.165, 1.54) is 22.9 Å². The summed E-state index contributed by atoms with van der Waals surface area (Å²) >= 11 is 0. The van der Waals surface area contributed by atoms with Gasteiger partial charge in [-0.3, -0.25) is 0 Å². The van der Waals surface area contributed by atoms with Crippen molar-refractivity contribution < 1.29 is 22.7 Å². The fourth-order valence-electron chi connectivity index (χ4n) is 0.968. The molecule has 7 heteroatoms. The highest BCUT2D eigenvalue weighted by molar-refractivity contribution is 5.77. The van der Waals surface area contributed by atoms with Crippen LogP contribution in [-0.2, 0) is 11.3 Å². The molecule has 4 nitrogen and oxygen atoms in total. The highest BCUT2D eigenvalue weighted by atomic mass is 19.4. The molecule has 0 fully saturated rings. The second-order valence-electron chi connectivity index (χ2n) is 2.72. The molecule has 1 heterocycles. The van der Waals surface area contributed by atoms with Gasteiger partial charge >= 0.3 is 12.1 Å². The summed E-state index contributed by atoms with van der Waals surface area (Å²) in [7, 11) is 0. The fraction of sp³-hybridized carbons (Fsp3) is 0.375. The van der Waals surface area contributed by atoms with Crippen molar-refractivity contribution in [2.45, 2.75) is 12.7 Å². The van der Waals surface area contributed by atoms with Gasteiger partial charge in [0.1, 0.15) is 0 Å². The summed E-state index contributed by atoms with van der Waals surface area (Å²) in [6.45, 7) is 0.527. The molecule has 0 amide bonds. The van der Waals surface area contributed by atoms with Crippen molar-refractivity contribution in [1.29, 1.82) is 0 Å². The first-order chi connectivity index (χ1) is 6.95. The zero-order valence-electron chi connectivity index (χ0n) is 7.62. The number of ether oxygens (including phenoxy) is 1. The third kappa shape index (κ3) is 2.98. The summed E-state index contributed by atoms with van der Waals surface area (Å²) in [5.74, 6) is -2.40. The molecule has 84 valence electrons. The maximum absolute atomic E-state index is 11.9. The summed E-state index contributed by atoms with van der Waals surface area (Å²) in [4.78, 5) is 10.5. The van der Waals surface area contributed by atoms with E-state index in [1.807, 2.05) is 0 Å². The first-order valence-electron chi connectivity index (χ1n) is 4.09. The van der Waals surface area contributed by atoms with Crippen molar-refractivity contribution in [2.24, 2.45) is 5.73 Å². The topological polar surface area (TPSA) is 57.2 Å². The molecule has 2 N–H and O–H groups in total. The number of carbonyl (C=O) groups is 1. The van der Waals surface area contributed by atoms with Crippen LogP contribution in [0.15, 0.2) is 18.3 Å². The maximum atomic E-state index is 11.9. The number of hydrogen-bond acceptors (Lipinski definition) is 3. The van der Waals surface area contributed by atoms with Gasteiger partial charge in [0, 0.05) is 25.4 Å². The summed E-state index contributed by atoms with van der Waals surface area (Å²) < 4.78 is 41.0. The molecule has 0 aliphatic heterocycles. The van der Waals surface area contributed by atoms with Gasteiger partial charge in [0.15, 0.2) is 0 Å². The Kier molecular flexibility index (Phi) is 3.35. The van der Waals surface area contributed by atoms with Crippen LogP contribution in [0, 0.1) is 0 Å². The van der Waals surface area contributed by atoms with Gasteiger partial charge in [-0.15, -0.1) is 0 Å². The van der Waals surface area contributed by atoms with E-state index in [0.717, 1.165) is 0 Å². The Morgan fingerprint density at radius 1 is 1.53 bits per heavy atom. The second kappa shape index (κ2) is 4.35. The zero-order chi connectivity index (χ0) is 11.5. The van der Waals surface area contributed by atoms with E-state index in [2.05, 4.69) is 4.74 Å². The molecule has 1 aromatic rings. The quantitative estimate of drug-likeness (QED) is 0.773. The summed E-state index contributed by atoms with van der Waals surface area (Å²) in [5.41, 5.74) is 5.22. The molecule has 0 saturated carbocycles. The smallest absolute Gasteiger partial charge is 0.403 e. The molecule has 15 heavy (non-hydrogen) atoms. The molecule has 0 radical (unpaired) electrons. The largest absolute Gasteiger partial charge is 0.491 e. The minimum atomic E-state index is -4.99. The highest BCUT2D eigenvalue weighted by Gasteiger charge is 2.41. The zero-order valence-corrected chi connectivity index (χ0v) is 7.62. The SMILES string of the molecule is NCCn1cccc1OC(=O)C(F)(F)F. The Bertz CT molecular complexity index is 346. The maximum Gasteiger partial charge on any atom is 0.491 e. The first kappa shape index (κ1) is 11.6. The molecular weight excluding hydrogens is 213 g/mol. The predicted octanol–water partition coefficient (Wildman–Crippen LogP) is 0.914. The van der Waals surface area contributed by atoms with E-state index in [4.69, 9.17) is 5.73 Å². The van der Waals surface area contributed by atoms with E-state index >= 15 is 0 Å². The molecule has 0 aromatic carbocycles. The van der Waals surface area contributed by atoms with Gasteiger partial charge in [-0.1, -0.05) is 0 Å². The van der Waals surface area contributed by atoms with Gasteiger partial charge in [-0.2, -0.15) is 13.2 Å². The van der Waals surface area contributed by atoms with Crippen LogP contribution in [0.3, 0.4) is 0 Å². The molecule has 0 saturated heterocycles. The third-order valence-electron chi connectivity index (χ3n) is 1.59. The molecule has 0 unspecified atom stereocenters. The lowest BCUT2D eigenvalue weighted by Gasteiger charge is -2.09. The number of hydrogen-bond donors (Lipinski definition) is 1.